The number of hydrogen-bond donors (Lipinski definition) is 3. The number of amides is 2. The fourth-order valence-corrected chi connectivity index (χ4v) is 2.85. The number of thioether (sulfide) groups is 1. The number of aliphatic carboxylic acids is 1. The second-order valence-corrected chi connectivity index (χ2v) is 5.76. The largest absolute Gasteiger partial charge is 0.481 e. The second kappa shape index (κ2) is 6.65. The van der Waals surface area contributed by atoms with E-state index in [2.05, 4.69) is 10.6 Å². The molecule has 1 aromatic rings. The van der Waals surface area contributed by atoms with Crippen LogP contribution in [0.4, 0.5) is 10.5 Å². The van der Waals surface area contributed by atoms with Crippen LogP contribution in [-0.4, -0.2) is 29.4 Å². The first-order chi connectivity index (χ1) is 9.58. The number of hydrogen-bond acceptors (Lipinski definition) is 3. The summed E-state index contributed by atoms with van der Waals surface area (Å²) in [6.45, 7) is 0. The maximum Gasteiger partial charge on any atom is 0.319 e. The van der Waals surface area contributed by atoms with Crippen molar-refractivity contribution in [2.24, 2.45) is 5.92 Å². The van der Waals surface area contributed by atoms with Gasteiger partial charge in [-0.2, -0.15) is 0 Å². The van der Waals surface area contributed by atoms with Gasteiger partial charge in [-0.25, -0.2) is 4.79 Å². The van der Waals surface area contributed by atoms with Crippen molar-refractivity contribution in [2.75, 3.05) is 11.6 Å². The van der Waals surface area contributed by atoms with Crippen molar-refractivity contribution >= 4 is 29.4 Å². The molecule has 0 bridgehead atoms. The molecule has 1 aliphatic carbocycles. The summed E-state index contributed by atoms with van der Waals surface area (Å²) in [6, 6.07) is 7.26. The molecule has 2 atom stereocenters. The lowest BCUT2D eigenvalue weighted by Gasteiger charge is -2.13. The number of rotatable bonds is 4. The van der Waals surface area contributed by atoms with Gasteiger partial charge in [-0.15, -0.1) is 11.8 Å². The summed E-state index contributed by atoms with van der Waals surface area (Å²) in [5, 5.41) is 14.5. The standard InChI is InChI=1S/C14H18N2O3S/c1-20-12-4-2-3-10(8-12)15-14(19)16-11-6-5-9(7-11)13(17)18/h2-4,8-9,11H,5-7H2,1H3,(H,17,18)(H2,15,16,19). The Hall–Kier alpha value is -1.69. The quantitative estimate of drug-likeness (QED) is 0.746. The predicted octanol–water partition coefficient (Wildman–Crippen LogP) is 2.78. The highest BCUT2D eigenvalue weighted by molar-refractivity contribution is 7.98. The van der Waals surface area contributed by atoms with Crippen molar-refractivity contribution < 1.29 is 14.7 Å². The van der Waals surface area contributed by atoms with E-state index in [4.69, 9.17) is 5.11 Å². The summed E-state index contributed by atoms with van der Waals surface area (Å²) >= 11 is 1.61. The van der Waals surface area contributed by atoms with Gasteiger partial charge in [0.2, 0.25) is 0 Å². The number of benzene rings is 1. The van der Waals surface area contributed by atoms with Gasteiger partial charge >= 0.3 is 12.0 Å². The minimum absolute atomic E-state index is 0.0557. The molecular weight excluding hydrogens is 276 g/mol. The van der Waals surface area contributed by atoms with Gasteiger partial charge < -0.3 is 15.7 Å². The van der Waals surface area contributed by atoms with Gasteiger partial charge in [0, 0.05) is 16.6 Å². The smallest absolute Gasteiger partial charge is 0.319 e. The molecule has 20 heavy (non-hydrogen) atoms. The number of urea groups is 1. The average molecular weight is 294 g/mol. The minimum Gasteiger partial charge on any atom is -0.481 e. The van der Waals surface area contributed by atoms with E-state index in [-0.39, 0.29) is 18.0 Å². The third-order valence-corrected chi connectivity index (χ3v) is 4.17. The molecule has 0 radical (unpaired) electrons. The van der Waals surface area contributed by atoms with Crippen LogP contribution >= 0.6 is 11.8 Å². The van der Waals surface area contributed by atoms with Gasteiger partial charge in [0.15, 0.2) is 0 Å². The number of nitrogens with one attached hydrogen (secondary N) is 2. The molecule has 1 fully saturated rings. The Kier molecular flexibility index (Phi) is 4.89. The van der Waals surface area contributed by atoms with E-state index in [0.717, 1.165) is 17.0 Å². The fourth-order valence-electron chi connectivity index (χ4n) is 2.39. The van der Waals surface area contributed by atoms with E-state index in [1.807, 2.05) is 30.5 Å². The number of carbonyl (C=O) groups is 2. The molecular formula is C14H18N2O3S. The highest BCUT2D eigenvalue weighted by Crippen LogP contribution is 2.25. The zero-order valence-electron chi connectivity index (χ0n) is 11.3. The number of carbonyl (C=O) groups excluding carboxylic acids is 1. The number of carboxylic acid groups (broad SMARTS) is 1. The van der Waals surface area contributed by atoms with Gasteiger partial charge in [-0.1, -0.05) is 6.07 Å². The molecule has 6 heteroatoms. The summed E-state index contributed by atoms with van der Waals surface area (Å²) in [5.74, 6) is -1.11. The topological polar surface area (TPSA) is 78.4 Å². The maximum atomic E-state index is 11.9. The molecule has 0 saturated heterocycles. The first-order valence-corrected chi connectivity index (χ1v) is 7.75. The predicted molar refractivity (Wildman–Crippen MR) is 79.1 cm³/mol. The lowest BCUT2D eigenvalue weighted by molar-refractivity contribution is -0.141. The van der Waals surface area contributed by atoms with Crippen LogP contribution in [0.5, 0.6) is 0 Å². The van der Waals surface area contributed by atoms with Crippen molar-refractivity contribution in [3.8, 4) is 0 Å². The van der Waals surface area contributed by atoms with Crippen molar-refractivity contribution in [1.82, 2.24) is 5.32 Å². The zero-order chi connectivity index (χ0) is 14.5. The monoisotopic (exact) mass is 294 g/mol. The zero-order valence-corrected chi connectivity index (χ0v) is 12.1. The van der Waals surface area contributed by atoms with Crippen LogP contribution in [0.2, 0.25) is 0 Å². The summed E-state index contributed by atoms with van der Waals surface area (Å²) < 4.78 is 0. The Morgan fingerprint density at radius 2 is 2.15 bits per heavy atom. The van der Waals surface area contributed by atoms with Crippen LogP contribution in [0.1, 0.15) is 19.3 Å². The van der Waals surface area contributed by atoms with Gasteiger partial charge in [0.05, 0.1) is 5.92 Å². The molecule has 0 aliphatic heterocycles. The van der Waals surface area contributed by atoms with Gasteiger partial charge in [0.25, 0.3) is 0 Å². The molecule has 108 valence electrons. The van der Waals surface area contributed by atoms with Gasteiger partial charge in [-0.3, -0.25) is 4.79 Å². The molecule has 0 heterocycles. The molecule has 1 aliphatic rings. The van der Waals surface area contributed by atoms with Crippen LogP contribution in [0.25, 0.3) is 0 Å². The third-order valence-electron chi connectivity index (χ3n) is 3.44. The molecule has 1 aromatic carbocycles. The van der Waals surface area contributed by atoms with E-state index < -0.39 is 5.97 Å². The van der Waals surface area contributed by atoms with E-state index in [0.29, 0.717) is 12.8 Å². The lowest BCUT2D eigenvalue weighted by atomic mass is 10.1. The molecule has 3 N–H and O–H groups in total. The summed E-state index contributed by atoms with van der Waals surface area (Å²) in [5.41, 5.74) is 0.738. The van der Waals surface area contributed by atoms with Crippen molar-refractivity contribution in [1.29, 1.82) is 0 Å². The molecule has 0 spiro atoms. The van der Waals surface area contributed by atoms with Gasteiger partial charge in [-0.05, 0) is 43.7 Å². The Bertz CT molecular complexity index is 507. The van der Waals surface area contributed by atoms with E-state index >= 15 is 0 Å². The van der Waals surface area contributed by atoms with E-state index in [9.17, 15) is 9.59 Å². The van der Waals surface area contributed by atoms with Crippen LogP contribution in [0, 0.1) is 5.92 Å². The molecule has 2 rings (SSSR count). The molecule has 2 amide bonds. The Morgan fingerprint density at radius 1 is 1.35 bits per heavy atom. The van der Waals surface area contributed by atoms with E-state index in [1.54, 1.807) is 11.8 Å². The van der Waals surface area contributed by atoms with Crippen LogP contribution in [-0.2, 0) is 4.79 Å². The SMILES string of the molecule is CSc1cccc(NC(=O)NC2CCC(C(=O)O)C2)c1. The third kappa shape index (κ3) is 3.90. The minimum atomic E-state index is -0.776. The van der Waals surface area contributed by atoms with E-state index in [1.165, 1.54) is 0 Å². The maximum absolute atomic E-state index is 11.9. The Labute approximate surface area is 122 Å². The Balaban J connectivity index is 1.85. The molecule has 1 saturated carbocycles. The first-order valence-electron chi connectivity index (χ1n) is 6.53. The number of carboxylic acids is 1. The summed E-state index contributed by atoms with van der Waals surface area (Å²) in [4.78, 5) is 23.8. The van der Waals surface area contributed by atoms with Crippen LogP contribution in [0.15, 0.2) is 29.2 Å². The lowest BCUT2D eigenvalue weighted by Crippen LogP contribution is -2.36. The Morgan fingerprint density at radius 3 is 2.80 bits per heavy atom. The molecule has 0 aromatic heterocycles. The van der Waals surface area contributed by atoms with Crippen LogP contribution < -0.4 is 10.6 Å². The number of anilines is 1. The second-order valence-electron chi connectivity index (χ2n) is 4.88. The van der Waals surface area contributed by atoms with Gasteiger partial charge in [0.1, 0.15) is 0 Å². The highest BCUT2D eigenvalue weighted by atomic mass is 32.2. The van der Waals surface area contributed by atoms with Crippen LogP contribution in [0.3, 0.4) is 0 Å². The summed E-state index contributed by atoms with van der Waals surface area (Å²) in [7, 11) is 0. The van der Waals surface area contributed by atoms with Crippen molar-refractivity contribution in [3.05, 3.63) is 24.3 Å². The van der Waals surface area contributed by atoms with Crippen molar-refractivity contribution in [3.63, 3.8) is 0 Å². The molecule has 2 unspecified atom stereocenters. The highest BCUT2D eigenvalue weighted by Gasteiger charge is 2.30. The first kappa shape index (κ1) is 14.7. The normalized spacial score (nSPS) is 21.4. The average Bonchev–Trinajstić information content (AvgIpc) is 2.87. The summed E-state index contributed by atoms with van der Waals surface area (Å²) in [6.07, 6.45) is 3.83. The molecule has 5 nitrogen and oxygen atoms in total. The van der Waals surface area contributed by atoms with Crippen molar-refractivity contribution in [2.45, 2.75) is 30.2 Å². The fraction of sp³-hybridized carbons (Fsp3) is 0.429.